The first-order valence-electron chi connectivity index (χ1n) is 5.21. The van der Waals surface area contributed by atoms with Crippen molar-refractivity contribution in [1.29, 1.82) is 0 Å². The third-order valence-corrected chi connectivity index (χ3v) is 2.40. The molecule has 0 bridgehead atoms. The van der Waals surface area contributed by atoms with Crippen molar-refractivity contribution in [3.63, 3.8) is 0 Å². The molecule has 0 unspecified atom stereocenters. The first-order chi connectivity index (χ1) is 7.36. The molecule has 0 saturated carbocycles. The molecule has 2 aliphatic rings. The fourth-order valence-corrected chi connectivity index (χ4v) is 1.64. The van der Waals surface area contributed by atoms with Crippen molar-refractivity contribution in [2.45, 2.75) is 13.3 Å². The maximum atomic E-state index is 3.29. The molecule has 0 saturated heterocycles. The molecule has 0 N–H and O–H groups in total. The summed E-state index contributed by atoms with van der Waals surface area (Å²) in [6.07, 6.45) is 19.8. The van der Waals surface area contributed by atoms with E-state index in [-0.39, 0.29) is 0 Å². The summed E-state index contributed by atoms with van der Waals surface area (Å²) in [5.74, 6) is 0. The van der Waals surface area contributed by atoms with Crippen molar-refractivity contribution in [1.82, 2.24) is 0 Å². The lowest BCUT2D eigenvalue weighted by Gasteiger charge is -2.02. The van der Waals surface area contributed by atoms with Gasteiger partial charge in [-0.25, -0.2) is 0 Å². The number of hydrogen-bond acceptors (Lipinski definition) is 0. The van der Waals surface area contributed by atoms with Gasteiger partial charge in [-0.05, 0) is 31.1 Å². The van der Waals surface area contributed by atoms with Gasteiger partial charge in [0, 0.05) is 5.57 Å². The Bertz CT molecular complexity index is 456. The Hall–Kier alpha value is -1.78. The second kappa shape index (κ2) is 4.63. The van der Waals surface area contributed by atoms with Gasteiger partial charge in [-0.1, -0.05) is 48.1 Å². The molecule has 0 heterocycles. The van der Waals surface area contributed by atoms with Crippen molar-refractivity contribution in [2.24, 2.45) is 0 Å². The van der Waals surface area contributed by atoms with Gasteiger partial charge in [0.2, 0.25) is 0 Å². The van der Waals surface area contributed by atoms with E-state index >= 15 is 0 Å². The molecule has 0 aromatic carbocycles. The zero-order valence-corrected chi connectivity index (χ0v) is 8.90. The van der Waals surface area contributed by atoms with E-state index in [9.17, 15) is 0 Å². The highest BCUT2D eigenvalue weighted by Gasteiger charge is 2.02. The van der Waals surface area contributed by atoms with Gasteiger partial charge in [0.25, 0.3) is 0 Å². The molecule has 0 fully saturated rings. The molecule has 0 amide bonds. The van der Waals surface area contributed by atoms with Gasteiger partial charge in [-0.3, -0.25) is 0 Å². The van der Waals surface area contributed by atoms with Gasteiger partial charge in [0.1, 0.15) is 0 Å². The molecule has 0 atom stereocenters. The molecule has 0 nitrogen and oxygen atoms in total. The zero-order valence-electron chi connectivity index (χ0n) is 8.90. The molecular formula is C15H14. The van der Waals surface area contributed by atoms with Gasteiger partial charge in [0.05, 0.1) is 0 Å². The van der Waals surface area contributed by atoms with Gasteiger partial charge >= 0.3 is 0 Å². The molecule has 0 heteroatoms. The maximum absolute atomic E-state index is 3.29. The molecule has 0 spiro atoms. The molecule has 15 heavy (non-hydrogen) atoms. The molecule has 2 aliphatic carbocycles. The average Bonchev–Trinajstić information content (AvgIpc) is 2.59. The van der Waals surface area contributed by atoms with Crippen LogP contribution >= 0.6 is 0 Å². The predicted octanol–water partition coefficient (Wildman–Crippen LogP) is 4.03. The minimum atomic E-state index is 0.981. The fraction of sp³-hybridized carbons (Fsp3) is 0.133. The highest BCUT2D eigenvalue weighted by Crippen LogP contribution is 2.20. The van der Waals surface area contributed by atoms with E-state index in [1.807, 2.05) is 18.2 Å². The van der Waals surface area contributed by atoms with E-state index in [1.54, 1.807) is 0 Å². The van der Waals surface area contributed by atoms with Gasteiger partial charge in [-0.15, -0.1) is 5.73 Å². The van der Waals surface area contributed by atoms with Crippen LogP contribution in [0.25, 0.3) is 0 Å². The molecule has 0 radical (unpaired) electrons. The third kappa shape index (κ3) is 2.59. The molecule has 0 aromatic rings. The summed E-state index contributed by atoms with van der Waals surface area (Å²) in [7, 11) is 0. The Morgan fingerprint density at radius 2 is 2.07 bits per heavy atom. The first-order valence-corrected chi connectivity index (χ1v) is 5.21. The van der Waals surface area contributed by atoms with Crippen LogP contribution in [0, 0.1) is 0 Å². The average molecular weight is 194 g/mol. The van der Waals surface area contributed by atoms with E-state index in [0.29, 0.717) is 0 Å². The summed E-state index contributed by atoms with van der Waals surface area (Å²) in [5, 5.41) is 0. The van der Waals surface area contributed by atoms with Crippen LogP contribution in [0.1, 0.15) is 13.3 Å². The second-order valence-electron chi connectivity index (χ2n) is 3.68. The fourth-order valence-electron chi connectivity index (χ4n) is 1.64. The SMILES string of the molecule is CC1=CC=CCC(C2=C=CC=CC=C2)=C1. The highest BCUT2D eigenvalue weighted by atomic mass is 14.1. The Balaban J connectivity index is 2.36. The molecule has 0 aromatic heterocycles. The van der Waals surface area contributed by atoms with Crippen molar-refractivity contribution in [3.8, 4) is 0 Å². The van der Waals surface area contributed by atoms with Crippen LogP contribution < -0.4 is 0 Å². The standard InChI is InChI=1S/C15H14/c1-13-8-6-7-11-15(12-13)14-9-4-2-3-5-10-14/h2-9,12H,11H2,1H3. The van der Waals surface area contributed by atoms with Crippen molar-refractivity contribution < 1.29 is 0 Å². The van der Waals surface area contributed by atoms with E-state index in [0.717, 1.165) is 6.42 Å². The lowest BCUT2D eigenvalue weighted by Crippen LogP contribution is -1.84. The van der Waals surface area contributed by atoms with Crippen LogP contribution in [0.5, 0.6) is 0 Å². The van der Waals surface area contributed by atoms with E-state index in [2.05, 4.69) is 49.1 Å². The monoisotopic (exact) mass is 194 g/mol. The molecule has 0 aliphatic heterocycles. The third-order valence-electron chi connectivity index (χ3n) is 2.40. The molecule has 2 rings (SSSR count). The van der Waals surface area contributed by atoms with Crippen molar-refractivity contribution in [3.05, 3.63) is 77.1 Å². The molecule has 74 valence electrons. The summed E-state index contributed by atoms with van der Waals surface area (Å²) in [6.45, 7) is 2.12. The van der Waals surface area contributed by atoms with E-state index in [4.69, 9.17) is 0 Å². The smallest absolute Gasteiger partial charge is 0.0199 e. The lowest BCUT2D eigenvalue weighted by atomic mass is 10.0. The lowest BCUT2D eigenvalue weighted by molar-refractivity contribution is 1.25. The van der Waals surface area contributed by atoms with Crippen LogP contribution in [0.2, 0.25) is 0 Å². The van der Waals surface area contributed by atoms with Crippen LogP contribution in [0.4, 0.5) is 0 Å². The first kappa shape index (κ1) is 9.76. The predicted molar refractivity (Wildman–Crippen MR) is 65.5 cm³/mol. The normalized spacial score (nSPS) is 19.1. The zero-order chi connectivity index (χ0) is 10.5. The second-order valence-corrected chi connectivity index (χ2v) is 3.68. The summed E-state index contributed by atoms with van der Waals surface area (Å²) >= 11 is 0. The minimum Gasteiger partial charge on any atom is -0.113 e. The van der Waals surface area contributed by atoms with Crippen LogP contribution in [-0.4, -0.2) is 0 Å². The minimum absolute atomic E-state index is 0.981. The summed E-state index contributed by atoms with van der Waals surface area (Å²) in [5.41, 5.74) is 7.09. The van der Waals surface area contributed by atoms with Crippen LogP contribution in [-0.2, 0) is 0 Å². The number of allylic oxidation sites excluding steroid dienone is 11. The van der Waals surface area contributed by atoms with Gasteiger partial charge in [0.15, 0.2) is 0 Å². The summed E-state index contributed by atoms with van der Waals surface area (Å²) in [4.78, 5) is 0. The Kier molecular flexibility index (Phi) is 3.02. The topological polar surface area (TPSA) is 0 Å². The van der Waals surface area contributed by atoms with E-state index < -0.39 is 0 Å². The Morgan fingerprint density at radius 1 is 1.13 bits per heavy atom. The number of hydrogen-bond donors (Lipinski definition) is 0. The molecular weight excluding hydrogens is 180 g/mol. The van der Waals surface area contributed by atoms with Crippen molar-refractivity contribution >= 4 is 0 Å². The van der Waals surface area contributed by atoms with Crippen LogP contribution in [0.3, 0.4) is 0 Å². The van der Waals surface area contributed by atoms with Gasteiger partial charge < -0.3 is 0 Å². The highest BCUT2D eigenvalue weighted by molar-refractivity contribution is 5.47. The van der Waals surface area contributed by atoms with Gasteiger partial charge in [-0.2, -0.15) is 0 Å². The summed E-state index contributed by atoms with van der Waals surface area (Å²) in [6, 6.07) is 0. The summed E-state index contributed by atoms with van der Waals surface area (Å²) < 4.78 is 0. The maximum Gasteiger partial charge on any atom is 0.0199 e. The quantitative estimate of drug-likeness (QED) is 0.553. The van der Waals surface area contributed by atoms with Crippen molar-refractivity contribution in [2.75, 3.05) is 0 Å². The largest absolute Gasteiger partial charge is 0.113 e. The number of rotatable bonds is 1. The Morgan fingerprint density at radius 3 is 3.00 bits per heavy atom. The van der Waals surface area contributed by atoms with E-state index in [1.165, 1.54) is 16.7 Å². The van der Waals surface area contributed by atoms with Crippen LogP contribution in [0.15, 0.2) is 77.1 Å². The Labute approximate surface area is 91.0 Å².